The SMILES string of the molecule is Oc1ccc2c(c1)CN(CC1CC13CCOC3)CCN2CC1CC12CCOC2. The van der Waals surface area contributed by atoms with Crippen LogP contribution < -0.4 is 4.90 Å². The van der Waals surface area contributed by atoms with E-state index in [0.717, 1.165) is 64.4 Å². The van der Waals surface area contributed by atoms with Gasteiger partial charge < -0.3 is 19.5 Å². The molecule has 0 amide bonds. The Morgan fingerprint density at radius 2 is 1.68 bits per heavy atom. The number of phenolic OH excluding ortho intramolecular Hbond substituents is 1. The van der Waals surface area contributed by atoms with Crippen molar-refractivity contribution in [2.45, 2.75) is 32.2 Å². The first kappa shape index (κ1) is 17.5. The summed E-state index contributed by atoms with van der Waals surface area (Å²) in [4.78, 5) is 5.21. The number of phenols is 1. The number of hydrogen-bond acceptors (Lipinski definition) is 5. The number of anilines is 1. The third-order valence-electron chi connectivity index (χ3n) is 8.39. The van der Waals surface area contributed by atoms with E-state index in [1.165, 1.54) is 43.5 Å². The van der Waals surface area contributed by atoms with Crippen LogP contribution >= 0.6 is 0 Å². The van der Waals surface area contributed by atoms with Crippen LogP contribution in [0.25, 0.3) is 0 Å². The fraction of sp³-hybridized carbons (Fsp3) is 0.739. The second-order valence-corrected chi connectivity index (χ2v) is 10.1. The van der Waals surface area contributed by atoms with Crippen molar-refractivity contribution in [1.82, 2.24) is 4.90 Å². The van der Waals surface area contributed by atoms with Crippen molar-refractivity contribution in [2.75, 3.05) is 57.5 Å². The van der Waals surface area contributed by atoms with Gasteiger partial charge in [-0.15, -0.1) is 0 Å². The largest absolute Gasteiger partial charge is 0.508 e. The standard InChI is InChI=1S/C23H32N2O3/c26-20-1-2-21-17(9-20)12-24(13-18-10-22(18)3-7-27-15-22)5-6-25(21)14-19-11-23(19)4-8-28-16-23/h1-2,9,18-19,26H,3-8,10-16H2. The number of ether oxygens (including phenoxy) is 2. The van der Waals surface area contributed by atoms with Gasteiger partial charge >= 0.3 is 0 Å². The molecule has 5 heteroatoms. The van der Waals surface area contributed by atoms with Gasteiger partial charge in [0, 0.05) is 62.5 Å². The molecule has 2 aliphatic carbocycles. The zero-order valence-electron chi connectivity index (χ0n) is 16.7. The first-order valence-electron chi connectivity index (χ1n) is 11.1. The van der Waals surface area contributed by atoms with Crippen molar-refractivity contribution in [3.8, 4) is 5.75 Å². The highest BCUT2D eigenvalue weighted by Crippen LogP contribution is 2.59. The molecule has 5 aliphatic rings. The zero-order chi connectivity index (χ0) is 18.8. The molecule has 4 atom stereocenters. The summed E-state index contributed by atoms with van der Waals surface area (Å²) in [6.07, 6.45) is 5.16. The summed E-state index contributed by atoms with van der Waals surface area (Å²) in [6, 6.07) is 5.98. The van der Waals surface area contributed by atoms with E-state index in [1.807, 2.05) is 12.1 Å². The molecule has 4 unspecified atom stereocenters. The highest BCUT2D eigenvalue weighted by Gasteiger charge is 2.57. The van der Waals surface area contributed by atoms with Gasteiger partial charge in [0.25, 0.3) is 0 Å². The van der Waals surface area contributed by atoms with Crippen molar-refractivity contribution in [3.63, 3.8) is 0 Å². The average Bonchev–Trinajstić information content (AvgIpc) is 3.33. The lowest BCUT2D eigenvalue weighted by molar-refractivity contribution is 0.173. The summed E-state index contributed by atoms with van der Waals surface area (Å²) in [7, 11) is 0. The smallest absolute Gasteiger partial charge is 0.116 e. The minimum atomic E-state index is 0.389. The minimum absolute atomic E-state index is 0.389. The van der Waals surface area contributed by atoms with Crippen molar-refractivity contribution in [3.05, 3.63) is 23.8 Å². The molecule has 3 heterocycles. The Hall–Kier alpha value is -1.30. The normalized spacial score (nSPS) is 39.5. The van der Waals surface area contributed by atoms with Crippen LogP contribution in [0.2, 0.25) is 0 Å². The molecule has 0 radical (unpaired) electrons. The van der Waals surface area contributed by atoms with Crippen LogP contribution in [0, 0.1) is 22.7 Å². The van der Waals surface area contributed by atoms with Gasteiger partial charge in [-0.2, -0.15) is 0 Å². The quantitative estimate of drug-likeness (QED) is 0.865. The third-order valence-corrected chi connectivity index (χ3v) is 8.39. The van der Waals surface area contributed by atoms with Crippen molar-refractivity contribution >= 4 is 5.69 Å². The van der Waals surface area contributed by atoms with Crippen LogP contribution in [0.1, 0.15) is 31.2 Å². The first-order valence-corrected chi connectivity index (χ1v) is 11.1. The van der Waals surface area contributed by atoms with Gasteiger partial charge in [0.2, 0.25) is 0 Å². The van der Waals surface area contributed by atoms with Gasteiger partial charge in [-0.05, 0) is 61.3 Å². The maximum atomic E-state index is 10.1. The second-order valence-electron chi connectivity index (χ2n) is 10.1. The number of aromatic hydroxyl groups is 1. The molecule has 0 aromatic heterocycles. The zero-order valence-corrected chi connectivity index (χ0v) is 16.7. The predicted molar refractivity (Wildman–Crippen MR) is 108 cm³/mol. The molecule has 2 saturated carbocycles. The molecular formula is C23H32N2O3. The van der Waals surface area contributed by atoms with Gasteiger partial charge in [0.15, 0.2) is 0 Å². The van der Waals surface area contributed by atoms with Gasteiger partial charge in [0.05, 0.1) is 13.2 Å². The lowest BCUT2D eigenvalue weighted by atomic mass is 10.0. The predicted octanol–water partition coefficient (Wildman–Crippen LogP) is 2.87. The Labute approximate surface area is 167 Å². The van der Waals surface area contributed by atoms with Crippen molar-refractivity contribution < 1.29 is 14.6 Å². The van der Waals surface area contributed by atoms with Crippen LogP contribution in [0.5, 0.6) is 5.75 Å². The Morgan fingerprint density at radius 1 is 0.964 bits per heavy atom. The Balaban J connectivity index is 1.18. The lowest BCUT2D eigenvalue weighted by Crippen LogP contribution is -2.34. The number of fused-ring (bicyclic) bond motifs is 1. The van der Waals surface area contributed by atoms with E-state index < -0.39 is 0 Å². The second kappa shape index (κ2) is 6.35. The third kappa shape index (κ3) is 2.94. The Morgan fingerprint density at radius 3 is 2.36 bits per heavy atom. The van der Waals surface area contributed by atoms with E-state index in [-0.39, 0.29) is 0 Å². The fourth-order valence-electron chi connectivity index (χ4n) is 6.22. The molecule has 1 aromatic rings. The maximum Gasteiger partial charge on any atom is 0.116 e. The first-order chi connectivity index (χ1) is 13.7. The molecule has 2 spiro atoms. The van der Waals surface area contributed by atoms with E-state index >= 15 is 0 Å². The van der Waals surface area contributed by atoms with E-state index in [0.29, 0.717) is 16.6 Å². The highest BCUT2D eigenvalue weighted by atomic mass is 16.5. The fourth-order valence-corrected chi connectivity index (χ4v) is 6.22. The maximum absolute atomic E-state index is 10.1. The van der Waals surface area contributed by atoms with Crippen LogP contribution in [0.3, 0.4) is 0 Å². The number of nitrogens with zero attached hydrogens (tertiary/aromatic N) is 2. The molecular weight excluding hydrogens is 352 g/mol. The summed E-state index contributed by atoms with van der Waals surface area (Å²) in [5.41, 5.74) is 3.59. The van der Waals surface area contributed by atoms with Crippen LogP contribution in [0.4, 0.5) is 5.69 Å². The lowest BCUT2D eigenvalue weighted by Gasteiger charge is -2.26. The number of rotatable bonds is 4. The monoisotopic (exact) mass is 384 g/mol. The van der Waals surface area contributed by atoms with E-state index in [4.69, 9.17) is 9.47 Å². The number of hydrogen-bond donors (Lipinski definition) is 1. The summed E-state index contributed by atoms with van der Waals surface area (Å²) < 4.78 is 11.4. The summed E-state index contributed by atoms with van der Waals surface area (Å²) in [5, 5.41) is 10.1. The van der Waals surface area contributed by atoms with Gasteiger partial charge in [-0.25, -0.2) is 0 Å². The van der Waals surface area contributed by atoms with Crippen LogP contribution in [0.15, 0.2) is 18.2 Å². The molecule has 1 aromatic carbocycles. The molecule has 28 heavy (non-hydrogen) atoms. The topological polar surface area (TPSA) is 45.2 Å². The highest BCUT2D eigenvalue weighted by molar-refractivity contribution is 5.57. The van der Waals surface area contributed by atoms with Gasteiger partial charge in [0.1, 0.15) is 5.75 Å². The van der Waals surface area contributed by atoms with Crippen molar-refractivity contribution in [1.29, 1.82) is 0 Å². The Kier molecular flexibility index (Phi) is 3.98. The van der Waals surface area contributed by atoms with E-state index in [9.17, 15) is 5.11 Å². The van der Waals surface area contributed by atoms with Crippen molar-refractivity contribution in [2.24, 2.45) is 22.7 Å². The summed E-state index contributed by atoms with van der Waals surface area (Å²) in [6.45, 7) is 9.29. The molecule has 5 nitrogen and oxygen atoms in total. The Bertz CT molecular complexity index is 754. The molecule has 2 saturated heterocycles. The van der Waals surface area contributed by atoms with Gasteiger partial charge in [-0.3, -0.25) is 4.90 Å². The van der Waals surface area contributed by atoms with E-state index in [2.05, 4.69) is 15.9 Å². The average molecular weight is 385 g/mol. The molecule has 6 rings (SSSR count). The van der Waals surface area contributed by atoms with Crippen LogP contribution in [-0.2, 0) is 16.0 Å². The summed E-state index contributed by atoms with van der Waals surface area (Å²) in [5.74, 6) is 1.95. The molecule has 152 valence electrons. The number of benzene rings is 1. The summed E-state index contributed by atoms with van der Waals surface area (Å²) >= 11 is 0. The van der Waals surface area contributed by atoms with E-state index in [1.54, 1.807) is 0 Å². The molecule has 1 N–H and O–H groups in total. The van der Waals surface area contributed by atoms with Crippen LogP contribution in [-0.4, -0.2) is 62.6 Å². The molecule has 3 aliphatic heterocycles. The molecule has 4 fully saturated rings. The minimum Gasteiger partial charge on any atom is -0.508 e. The molecule has 0 bridgehead atoms. The van der Waals surface area contributed by atoms with Gasteiger partial charge in [-0.1, -0.05) is 0 Å².